The van der Waals surface area contributed by atoms with Crippen LogP contribution in [0.2, 0.25) is 0 Å². The maximum Gasteiger partial charge on any atom is 0.227 e. The number of carbonyl (C=O) groups is 2. The molecule has 6 heteroatoms. The number of carbonyl (C=O) groups excluding carboxylic acids is 2. The largest absolute Gasteiger partial charge is 0.378 e. The summed E-state index contributed by atoms with van der Waals surface area (Å²) in [5.74, 6) is 0.281. The van der Waals surface area contributed by atoms with Crippen molar-refractivity contribution in [1.29, 1.82) is 0 Å². The Morgan fingerprint density at radius 1 is 1.04 bits per heavy atom. The highest BCUT2D eigenvalue weighted by Crippen LogP contribution is 2.09. The number of rotatable bonds is 4. The van der Waals surface area contributed by atoms with Crippen molar-refractivity contribution in [2.75, 3.05) is 45.9 Å². The highest BCUT2D eigenvalue weighted by Gasteiger charge is 2.26. The van der Waals surface area contributed by atoms with Gasteiger partial charge in [0.1, 0.15) is 0 Å². The van der Waals surface area contributed by atoms with Crippen molar-refractivity contribution < 1.29 is 14.3 Å². The first-order valence-corrected chi connectivity index (χ1v) is 8.63. The third-order valence-corrected chi connectivity index (χ3v) is 4.60. The van der Waals surface area contributed by atoms with Gasteiger partial charge in [-0.1, -0.05) is 30.3 Å². The Balaban J connectivity index is 1.43. The second-order valence-corrected chi connectivity index (χ2v) is 6.35. The summed E-state index contributed by atoms with van der Waals surface area (Å²) >= 11 is 0. The number of piperazine rings is 1. The molecular weight excluding hydrogens is 306 g/mol. The monoisotopic (exact) mass is 331 g/mol. The van der Waals surface area contributed by atoms with Crippen LogP contribution in [0.4, 0.5) is 0 Å². The highest BCUT2D eigenvalue weighted by atomic mass is 16.5. The van der Waals surface area contributed by atoms with E-state index in [1.54, 1.807) is 0 Å². The van der Waals surface area contributed by atoms with Gasteiger partial charge >= 0.3 is 0 Å². The quantitative estimate of drug-likeness (QED) is 0.861. The van der Waals surface area contributed by atoms with Crippen LogP contribution < -0.4 is 5.32 Å². The molecule has 1 aromatic carbocycles. The predicted octanol–water partition coefficient (Wildman–Crippen LogP) is 0.278. The molecule has 3 rings (SSSR count). The highest BCUT2D eigenvalue weighted by molar-refractivity contribution is 5.80. The van der Waals surface area contributed by atoms with E-state index in [-0.39, 0.29) is 17.9 Å². The number of hydrogen-bond donors (Lipinski definition) is 1. The van der Waals surface area contributed by atoms with Crippen LogP contribution in [0.15, 0.2) is 30.3 Å². The van der Waals surface area contributed by atoms with Crippen LogP contribution in [0.3, 0.4) is 0 Å². The van der Waals surface area contributed by atoms with Gasteiger partial charge in [-0.2, -0.15) is 0 Å². The maximum absolute atomic E-state index is 12.4. The van der Waals surface area contributed by atoms with Crippen molar-refractivity contribution in [1.82, 2.24) is 15.1 Å². The number of hydrogen-bond acceptors (Lipinski definition) is 4. The van der Waals surface area contributed by atoms with Gasteiger partial charge in [0, 0.05) is 45.2 Å². The molecule has 2 fully saturated rings. The van der Waals surface area contributed by atoms with Crippen molar-refractivity contribution in [3.8, 4) is 0 Å². The van der Waals surface area contributed by atoms with Crippen molar-refractivity contribution in [2.45, 2.75) is 18.9 Å². The smallest absolute Gasteiger partial charge is 0.227 e. The molecule has 130 valence electrons. The van der Waals surface area contributed by atoms with Gasteiger partial charge in [-0.25, -0.2) is 0 Å². The first-order chi connectivity index (χ1) is 11.7. The number of benzene rings is 1. The van der Waals surface area contributed by atoms with Crippen LogP contribution >= 0.6 is 0 Å². The summed E-state index contributed by atoms with van der Waals surface area (Å²) in [4.78, 5) is 28.4. The second kappa shape index (κ2) is 8.26. The molecule has 0 bridgehead atoms. The minimum absolute atomic E-state index is 0.115. The van der Waals surface area contributed by atoms with Gasteiger partial charge in [-0.3, -0.25) is 9.59 Å². The Labute approximate surface area is 142 Å². The number of ether oxygens (including phenoxy) is 1. The van der Waals surface area contributed by atoms with E-state index >= 15 is 0 Å². The molecule has 6 nitrogen and oxygen atoms in total. The van der Waals surface area contributed by atoms with Crippen molar-refractivity contribution in [3.05, 3.63) is 35.9 Å². The number of nitrogens with zero attached hydrogens (tertiary/aromatic N) is 2. The summed E-state index contributed by atoms with van der Waals surface area (Å²) < 4.78 is 5.39. The summed E-state index contributed by atoms with van der Waals surface area (Å²) in [6, 6.07) is 9.90. The molecule has 1 unspecified atom stereocenters. The van der Waals surface area contributed by atoms with E-state index < -0.39 is 0 Å². The Morgan fingerprint density at radius 3 is 2.33 bits per heavy atom. The predicted molar refractivity (Wildman–Crippen MR) is 90.5 cm³/mol. The standard InChI is InChI=1S/C18H25N3O3/c22-17(12-15-4-2-1-3-5-15)20-7-9-21(10-8-20)18(23)13-16-14-24-11-6-19-16/h1-5,16,19H,6-14H2. The van der Waals surface area contributed by atoms with Gasteiger partial charge in [-0.15, -0.1) is 0 Å². The molecule has 2 amide bonds. The number of morpholine rings is 1. The normalized spacial score (nSPS) is 21.6. The molecule has 24 heavy (non-hydrogen) atoms. The van der Waals surface area contributed by atoms with Gasteiger partial charge in [0.05, 0.1) is 19.6 Å². The fourth-order valence-electron chi connectivity index (χ4n) is 3.18. The molecule has 2 saturated heterocycles. The van der Waals surface area contributed by atoms with Crippen LogP contribution in [0, 0.1) is 0 Å². The van der Waals surface area contributed by atoms with E-state index in [1.807, 2.05) is 40.1 Å². The molecular formula is C18H25N3O3. The van der Waals surface area contributed by atoms with Gasteiger partial charge in [0.2, 0.25) is 11.8 Å². The molecule has 1 aromatic rings. The van der Waals surface area contributed by atoms with Gasteiger partial charge in [0.25, 0.3) is 0 Å². The van der Waals surface area contributed by atoms with E-state index in [0.29, 0.717) is 52.2 Å². The average Bonchev–Trinajstić information content (AvgIpc) is 2.63. The Bertz CT molecular complexity index is 550. The molecule has 2 aliphatic heterocycles. The van der Waals surface area contributed by atoms with Gasteiger partial charge in [-0.05, 0) is 5.56 Å². The van der Waals surface area contributed by atoms with E-state index in [0.717, 1.165) is 12.1 Å². The lowest BCUT2D eigenvalue weighted by atomic mass is 10.1. The van der Waals surface area contributed by atoms with Crippen LogP contribution in [0.25, 0.3) is 0 Å². The molecule has 0 spiro atoms. The molecule has 0 aromatic heterocycles. The van der Waals surface area contributed by atoms with Crippen molar-refractivity contribution in [2.24, 2.45) is 0 Å². The average molecular weight is 331 g/mol. The van der Waals surface area contributed by atoms with Gasteiger partial charge < -0.3 is 19.9 Å². The summed E-state index contributed by atoms with van der Waals surface area (Å²) in [6.45, 7) is 4.59. The molecule has 0 radical (unpaired) electrons. The van der Waals surface area contributed by atoms with Crippen LogP contribution in [-0.4, -0.2) is 73.6 Å². The molecule has 2 aliphatic rings. The first kappa shape index (κ1) is 16.9. The molecule has 0 saturated carbocycles. The minimum Gasteiger partial charge on any atom is -0.378 e. The Kier molecular flexibility index (Phi) is 5.82. The van der Waals surface area contributed by atoms with Crippen LogP contribution in [0.1, 0.15) is 12.0 Å². The van der Waals surface area contributed by atoms with E-state index in [4.69, 9.17) is 4.74 Å². The lowest BCUT2D eigenvalue weighted by Crippen LogP contribution is -2.52. The zero-order chi connectivity index (χ0) is 16.8. The second-order valence-electron chi connectivity index (χ2n) is 6.35. The van der Waals surface area contributed by atoms with E-state index in [9.17, 15) is 9.59 Å². The fraction of sp³-hybridized carbons (Fsp3) is 0.556. The zero-order valence-corrected chi connectivity index (χ0v) is 13.9. The lowest BCUT2D eigenvalue weighted by Gasteiger charge is -2.36. The number of amides is 2. The Morgan fingerprint density at radius 2 is 1.71 bits per heavy atom. The fourth-order valence-corrected chi connectivity index (χ4v) is 3.18. The zero-order valence-electron chi connectivity index (χ0n) is 13.9. The number of nitrogens with one attached hydrogen (secondary N) is 1. The van der Waals surface area contributed by atoms with E-state index in [2.05, 4.69) is 5.32 Å². The topological polar surface area (TPSA) is 61.9 Å². The molecule has 2 heterocycles. The maximum atomic E-state index is 12.4. The third-order valence-electron chi connectivity index (χ3n) is 4.60. The SMILES string of the molecule is O=C(Cc1ccccc1)N1CCN(C(=O)CC2COCCN2)CC1. The molecule has 1 N–H and O–H groups in total. The minimum atomic E-state index is 0.115. The van der Waals surface area contributed by atoms with E-state index in [1.165, 1.54) is 0 Å². The first-order valence-electron chi connectivity index (χ1n) is 8.63. The van der Waals surface area contributed by atoms with Crippen molar-refractivity contribution >= 4 is 11.8 Å². The van der Waals surface area contributed by atoms with Crippen molar-refractivity contribution in [3.63, 3.8) is 0 Å². The molecule has 0 aliphatic carbocycles. The van der Waals surface area contributed by atoms with Gasteiger partial charge in [0.15, 0.2) is 0 Å². The van der Waals surface area contributed by atoms with Crippen LogP contribution in [0.5, 0.6) is 0 Å². The summed E-state index contributed by atoms with van der Waals surface area (Å²) in [6.07, 6.45) is 0.899. The summed E-state index contributed by atoms with van der Waals surface area (Å²) in [5, 5.41) is 3.31. The summed E-state index contributed by atoms with van der Waals surface area (Å²) in [7, 11) is 0. The lowest BCUT2D eigenvalue weighted by molar-refractivity contribution is -0.139. The third kappa shape index (κ3) is 4.55. The molecule has 1 atom stereocenters. The Hall–Kier alpha value is -1.92. The summed E-state index contributed by atoms with van der Waals surface area (Å²) in [5.41, 5.74) is 1.03. The van der Waals surface area contributed by atoms with Crippen LogP contribution in [-0.2, 0) is 20.7 Å².